The van der Waals surface area contributed by atoms with Crippen LogP contribution in [0.2, 0.25) is 0 Å². The first-order valence-electron chi connectivity index (χ1n) is 5.34. The highest BCUT2D eigenvalue weighted by Crippen LogP contribution is 2.25. The number of nitrogens with one attached hydrogen (secondary N) is 1. The number of hydrogen-bond acceptors (Lipinski definition) is 3. The molecule has 0 amide bonds. The average Bonchev–Trinajstić information content (AvgIpc) is 2.49. The van der Waals surface area contributed by atoms with Crippen molar-refractivity contribution in [1.29, 1.82) is 0 Å². The van der Waals surface area contributed by atoms with Gasteiger partial charge in [0.1, 0.15) is 0 Å². The second-order valence-corrected chi connectivity index (χ2v) is 4.41. The number of rotatable bonds is 3. The smallest absolute Gasteiger partial charge is 0.0724 e. The van der Waals surface area contributed by atoms with Crippen LogP contribution in [-0.4, -0.2) is 31.3 Å². The predicted molar refractivity (Wildman–Crippen MR) is 52.6 cm³/mol. The molecule has 13 heavy (non-hydrogen) atoms. The molecule has 76 valence electrons. The maximum absolute atomic E-state index is 5.74. The van der Waals surface area contributed by atoms with Gasteiger partial charge in [-0.2, -0.15) is 0 Å². The Kier molecular flexibility index (Phi) is 2.86. The zero-order chi connectivity index (χ0) is 9.26. The van der Waals surface area contributed by atoms with Crippen molar-refractivity contribution < 1.29 is 4.74 Å². The molecule has 2 fully saturated rings. The van der Waals surface area contributed by atoms with E-state index in [9.17, 15) is 0 Å². The minimum Gasteiger partial charge on any atom is -0.380 e. The highest BCUT2D eigenvalue weighted by molar-refractivity contribution is 4.93. The molecule has 3 N–H and O–H groups in total. The van der Waals surface area contributed by atoms with Crippen molar-refractivity contribution in [1.82, 2.24) is 5.32 Å². The molecule has 3 nitrogen and oxygen atoms in total. The fourth-order valence-corrected chi connectivity index (χ4v) is 2.50. The summed E-state index contributed by atoms with van der Waals surface area (Å²) in [5.74, 6) is 0. The summed E-state index contributed by atoms with van der Waals surface area (Å²) in [6.45, 7) is 0. The van der Waals surface area contributed by atoms with Crippen molar-refractivity contribution in [3.05, 3.63) is 0 Å². The van der Waals surface area contributed by atoms with E-state index in [1.807, 2.05) is 7.11 Å². The Bertz CT molecular complexity index is 168. The number of hydrogen-bond donors (Lipinski definition) is 2. The zero-order valence-corrected chi connectivity index (χ0v) is 8.33. The molecule has 0 heterocycles. The summed E-state index contributed by atoms with van der Waals surface area (Å²) in [5, 5.41) is 3.64. The van der Waals surface area contributed by atoms with Crippen molar-refractivity contribution in [3.63, 3.8) is 0 Å². The third-order valence-electron chi connectivity index (χ3n) is 3.38. The van der Waals surface area contributed by atoms with Gasteiger partial charge in [-0.05, 0) is 32.1 Å². The first-order valence-corrected chi connectivity index (χ1v) is 5.34. The third kappa shape index (κ3) is 2.03. The molecule has 2 atom stereocenters. The first-order chi connectivity index (χ1) is 6.29. The summed E-state index contributed by atoms with van der Waals surface area (Å²) in [4.78, 5) is 0. The Morgan fingerprint density at radius 3 is 2.69 bits per heavy atom. The molecule has 0 aliphatic heterocycles. The number of methoxy groups -OCH3 is 1. The van der Waals surface area contributed by atoms with Crippen LogP contribution in [0.15, 0.2) is 0 Å². The van der Waals surface area contributed by atoms with Gasteiger partial charge in [-0.3, -0.25) is 0 Å². The van der Waals surface area contributed by atoms with Crippen LogP contribution in [0.25, 0.3) is 0 Å². The molecular weight excluding hydrogens is 164 g/mol. The van der Waals surface area contributed by atoms with Crippen molar-refractivity contribution in [3.8, 4) is 0 Å². The van der Waals surface area contributed by atoms with Gasteiger partial charge in [0.05, 0.1) is 6.10 Å². The normalized spacial score (nSPS) is 44.8. The highest BCUT2D eigenvalue weighted by Gasteiger charge is 2.33. The second kappa shape index (κ2) is 3.95. The van der Waals surface area contributed by atoms with Gasteiger partial charge in [-0.1, -0.05) is 0 Å². The van der Waals surface area contributed by atoms with Gasteiger partial charge in [0.2, 0.25) is 0 Å². The van der Waals surface area contributed by atoms with Crippen LogP contribution in [0.3, 0.4) is 0 Å². The van der Waals surface area contributed by atoms with Crippen LogP contribution >= 0.6 is 0 Å². The molecule has 2 aliphatic carbocycles. The summed E-state index contributed by atoms with van der Waals surface area (Å²) < 4.78 is 5.43. The van der Waals surface area contributed by atoms with Gasteiger partial charge in [-0.25, -0.2) is 0 Å². The van der Waals surface area contributed by atoms with E-state index in [1.54, 1.807) is 0 Å². The van der Waals surface area contributed by atoms with E-state index < -0.39 is 0 Å². The van der Waals surface area contributed by atoms with E-state index in [1.165, 1.54) is 19.3 Å². The monoisotopic (exact) mass is 184 g/mol. The molecule has 3 heteroatoms. The Morgan fingerprint density at radius 1 is 1.31 bits per heavy atom. The van der Waals surface area contributed by atoms with Gasteiger partial charge in [0, 0.05) is 25.2 Å². The predicted octanol–water partition coefficient (Wildman–Crippen LogP) is 0.633. The molecule has 0 radical (unpaired) electrons. The Balaban J connectivity index is 1.74. The lowest BCUT2D eigenvalue weighted by Gasteiger charge is -2.36. The maximum atomic E-state index is 5.74. The van der Waals surface area contributed by atoms with E-state index in [0.29, 0.717) is 24.2 Å². The Labute approximate surface area is 80.0 Å². The first kappa shape index (κ1) is 9.44. The van der Waals surface area contributed by atoms with Gasteiger partial charge in [-0.15, -0.1) is 0 Å². The lowest BCUT2D eigenvalue weighted by Crippen LogP contribution is -2.53. The zero-order valence-electron chi connectivity index (χ0n) is 8.33. The van der Waals surface area contributed by atoms with Crippen LogP contribution in [-0.2, 0) is 4.74 Å². The summed E-state index contributed by atoms with van der Waals surface area (Å²) in [6.07, 6.45) is 6.52. The molecule has 0 aromatic rings. The van der Waals surface area contributed by atoms with E-state index >= 15 is 0 Å². The largest absolute Gasteiger partial charge is 0.380 e. The highest BCUT2D eigenvalue weighted by atomic mass is 16.5. The topological polar surface area (TPSA) is 47.3 Å². The quantitative estimate of drug-likeness (QED) is 0.676. The van der Waals surface area contributed by atoms with Crippen LogP contribution in [0.4, 0.5) is 0 Å². The van der Waals surface area contributed by atoms with Crippen molar-refractivity contribution in [2.24, 2.45) is 5.73 Å². The van der Waals surface area contributed by atoms with Gasteiger partial charge in [0.25, 0.3) is 0 Å². The number of ether oxygens (including phenoxy) is 1. The molecule has 2 rings (SSSR count). The van der Waals surface area contributed by atoms with Gasteiger partial charge >= 0.3 is 0 Å². The molecular formula is C10H20N2O. The SMILES string of the molecule is COC1CCCC1NC1CC(N)C1. The van der Waals surface area contributed by atoms with Gasteiger partial charge < -0.3 is 15.8 Å². The number of nitrogens with two attached hydrogens (primary N) is 1. The third-order valence-corrected chi connectivity index (χ3v) is 3.38. The molecule has 0 aromatic carbocycles. The molecule has 0 aromatic heterocycles. The molecule has 0 spiro atoms. The van der Waals surface area contributed by atoms with Crippen LogP contribution in [0.1, 0.15) is 32.1 Å². The molecule has 2 unspecified atom stereocenters. The average molecular weight is 184 g/mol. The molecule has 0 saturated heterocycles. The Hall–Kier alpha value is -0.120. The standard InChI is InChI=1S/C10H20N2O/c1-13-10-4-2-3-9(10)12-8-5-7(11)6-8/h7-10,12H,2-6,11H2,1H3. The van der Waals surface area contributed by atoms with Gasteiger partial charge in [0.15, 0.2) is 0 Å². The summed E-state index contributed by atoms with van der Waals surface area (Å²) in [6, 6.07) is 1.69. The van der Waals surface area contributed by atoms with Crippen LogP contribution in [0.5, 0.6) is 0 Å². The fraction of sp³-hybridized carbons (Fsp3) is 1.00. The van der Waals surface area contributed by atoms with Crippen molar-refractivity contribution >= 4 is 0 Å². The summed E-state index contributed by atoms with van der Waals surface area (Å²) >= 11 is 0. The lowest BCUT2D eigenvalue weighted by atomic mass is 9.87. The minimum atomic E-state index is 0.442. The van der Waals surface area contributed by atoms with E-state index in [0.717, 1.165) is 12.8 Å². The van der Waals surface area contributed by atoms with Crippen molar-refractivity contribution in [2.75, 3.05) is 7.11 Å². The van der Waals surface area contributed by atoms with Crippen molar-refractivity contribution in [2.45, 2.75) is 56.3 Å². The lowest BCUT2D eigenvalue weighted by molar-refractivity contribution is 0.0749. The van der Waals surface area contributed by atoms with Crippen LogP contribution < -0.4 is 11.1 Å². The van der Waals surface area contributed by atoms with E-state index in [2.05, 4.69) is 5.32 Å². The van der Waals surface area contributed by atoms with E-state index in [-0.39, 0.29) is 0 Å². The molecule has 0 bridgehead atoms. The molecule has 2 saturated carbocycles. The van der Waals surface area contributed by atoms with Crippen LogP contribution in [0, 0.1) is 0 Å². The summed E-state index contributed by atoms with van der Waals surface area (Å²) in [5.41, 5.74) is 5.74. The maximum Gasteiger partial charge on any atom is 0.0724 e. The summed E-state index contributed by atoms with van der Waals surface area (Å²) in [7, 11) is 1.82. The second-order valence-electron chi connectivity index (χ2n) is 4.41. The Morgan fingerprint density at radius 2 is 2.08 bits per heavy atom. The molecule has 2 aliphatic rings. The van der Waals surface area contributed by atoms with E-state index in [4.69, 9.17) is 10.5 Å². The fourth-order valence-electron chi connectivity index (χ4n) is 2.50. The minimum absolute atomic E-state index is 0.442.